The van der Waals surface area contributed by atoms with Gasteiger partial charge in [0.1, 0.15) is 11.6 Å². The topological polar surface area (TPSA) is 62.7 Å². The number of rotatable bonds is 6. The lowest BCUT2D eigenvalue weighted by molar-refractivity contribution is 0.628. The fraction of sp³-hybridized carbons (Fsp3) is 0.211. The summed E-state index contributed by atoms with van der Waals surface area (Å²) in [6.45, 7) is 4.16. The molecule has 6 heteroatoms. The van der Waals surface area contributed by atoms with Gasteiger partial charge in [-0.25, -0.2) is 9.37 Å². The number of hydrogen-bond acceptors (Lipinski definition) is 5. The van der Waals surface area contributed by atoms with E-state index in [-0.39, 0.29) is 11.9 Å². The molecule has 0 saturated heterocycles. The quantitative estimate of drug-likeness (QED) is 0.686. The van der Waals surface area contributed by atoms with Crippen LogP contribution in [0.2, 0.25) is 0 Å². The zero-order valence-corrected chi connectivity index (χ0v) is 14.2. The second-order valence-corrected chi connectivity index (χ2v) is 5.77. The van der Waals surface area contributed by atoms with E-state index in [1.807, 2.05) is 18.2 Å². The maximum absolute atomic E-state index is 13.4. The predicted octanol–water partition coefficient (Wildman–Crippen LogP) is 4.63. The van der Waals surface area contributed by atoms with Crippen LogP contribution in [0.15, 0.2) is 54.7 Å². The van der Waals surface area contributed by atoms with E-state index in [0.717, 1.165) is 12.1 Å². The number of nitrogens with one attached hydrogen (secondary N) is 2. The maximum Gasteiger partial charge on any atom is 0.225 e. The van der Waals surface area contributed by atoms with E-state index in [0.29, 0.717) is 23.1 Å². The summed E-state index contributed by atoms with van der Waals surface area (Å²) in [4.78, 5) is 13.4. The molecule has 3 rings (SSSR count). The Hall–Kier alpha value is -3.02. The minimum absolute atomic E-state index is 0.237. The van der Waals surface area contributed by atoms with Gasteiger partial charge >= 0.3 is 0 Å². The second kappa shape index (κ2) is 7.70. The average molecular weight is 337 g/mol. The van der Waals surface area contributed by atoms with Crippen molar-refractivity contribution in [3.8, 4) is 11.4 Å². The van der Waals surface area contributed by atoms with Crippen molar-refractivity contribution < 1.29 is 4.39 Å². The summed E-state index contributed by atoms with van der Waals surface area (Å²) in [5.41, 5.74) is 2.07. The molecule has 0 fully saturated rings. The molecule has 0 bridgehead atoms. The SMILES string of the molecule is CC[C@H](C)Nc1nc(Nc2cccc(F)c2)cc(-c2ccccn2)n1. The number of pyridine rings is 1. The average Bonchev–Trinajstić information content (AvgIpc) is 2.62. The van der Waals surface area contributed by atoms with E-state index >= 15 is 0 Å². The maximum atomic E-state index is 13.4. The number of benzene rings is 1. The van der Waals surface area contributed by atoms with Gasteiger partial charge in [-0.1, -0.05) is 19.1 Å². The van der Waals surface area contributed by atoms with Gasteiger partial charge in [0.15, 0.2) is 0 Å². The second-order valence-electron chi connectivity index (χ2n) is 5.77. The first-order chi connectivity index (χ1) is 12.1. The lowest BCUT2D eigenvalue weighted by atomic mass is 10.2. The molecule has 1 aromatic carbocycles. The van der Waals surface area contributed by atoms with E-state index in [4.69, 9.17) is 0 Å². The summed E-state index contributed by atoms with van der Waals surface area (Å²) in [5, 5.41) is 6.40. The number of aromatic nitrogens is 3. The first-order valence-corrected chi connectivity index (χ1v) is 8.23. The molecule has 0 aliphatic heterocycles. The summed E-state index contributed by atoms with van der Waals surface area (Å²) in [6.07, 6.45) is 2.67. The molecule has 3 aromatic rings. The van der Waals surface area contributed by atoms with Gasteiger partial charge in [-0.15, -0.1) is 0 Å². The highest BCUT2D eigenvalue weighted by Gasteiger charge is 2.10. The zero-order chi connectivity index (χ0) is 17.6. The first kappa shape index (κ1) is 16.8. The monoisotopic (exact) mass is 337 g/mol. The smallest absolute Gasteiger partial charge is 0.225 e. The van der Waals surface area contributed by atoms with Gasteiger partial charge in [-0.2, -0.15) is 4.98 Å². The summed E-state index contributed by atoms with van der Waals surface area (Å²) in [7, 11) is 0. The Morgan fingerprint density at radius 1 is 1.04 bits per heavy atom. The molecule has 25 heavy (non-hydrogen) atoms. The third-order valence-electron chi connectivity index (χ3n) is 3.74. The Morgan fingerprint density at radius 2 is 1.92 bits per heavy atom. The lowest BCUT2D eigenvalue weighted by Crippen LogP contribution is -2.16. The van der Waals surface area contributed by atoms with Gasteiger partial charge in [-0.3, -0.25) is 4.98 Å². The standard InChI is InChI=1S/C19H20FN5/c1-3-13(2)22-19-24-17(16-9-4-5-10-21-16)12-18(25-19)23-15-8-6-7-14(20)11-15/h4-13H,3H2,1-2H3,(H2,22,23,24,25)/t13-/m0/s1. The number of hydrogen-bond donors (Lipinski definition) is 2. The number of anilines is 3. The molecule has 0 aliphatic rings. The van der Waals surface area contributed by atoms with Gasteiger partial charge in [0.2, 0.25) is 5.95 Å². The summed E-state index contributed by atoms with van der Waals surface area (Å²) < 4.78 is 13.4. The summed E-state index contributed by atoms with van der Waals surface area (Å²) >= 11 is 0. The van der Waals surface area contributed by atoms with Crippen molar-refractivity contribution in [3.05, 3.63) is 60.5 Å². The normalized spacial score (nSPS) is 11.8. The minimum Gasteiger partial charge on any atom is -0.352 e. The van der Waals surface area contributed by atoms with Gasteiger partial charge in [-0.05, 0) is 43.7 Å². The highest BCUT2D eigenvalue weighted by atomic mass is 19.1. The van der Waals surface area contributed by atoms with Crippen LogP contribution in [0.5, 0.6) is 0 Å². The van der Waals surface area contributed by atoms with Crippen LogP contribution in [-0.2, 0) is 0 Å². The van der Waals surface area contributed by atoms with Crippen molar-refractivity contribution in [2.45, 2.75) is 26.3 Å². The predicted molar refractivity (Wildman–Crippen MR) is 98.3 cm³/mol. The molecule has 2 aromatic heterocycles. The van der Waals surface area contributed by atoms with Crippen LogP contribution in [0.4, 0.5) is 21.8 Å². The van der Waals surface area contributed by atoms with Crippen LogP contribution >= 0.6 is 0 Å². The van der Waals surface area contributed by atoms with Gasteiger partial charge in [0.05, 0.1) is 11.4 Å². The van der Waals surface area contributed by atoms with Crippen molar-refractivity contribution in [2.24, 2.45) is 0 Å². The Labute approximate surface area is 146 Å². The van der Waals surface area contributed by atoms with Crippen LogP contribution < -0.4 is 10.6 Å². The lowest BCUT2D eigenvalue weighted by Gasteiger charge is -2.14. The van der Waals surface area contributed by atoms with Crippen LogP contribution in [0, 0.1) is 5.82 Å². The van der Waals surface area contributed by atoms with Crippen LogP contribution in [0.1, 0.15) is 20.3 Å². The number of nitrogens with zero attached hydrogens (tertiary/aromatic N) is 3. The highest BCUT2D eigenvalue weighted by molar-refractivity contribution is 5.65. The van der Waals surface area contributed by atoms with E-state index in [2.05, 4.69) is 39.4 Å². The number of halogens is 1. The van der Waals surface area contributed by atoms with Crippen LogP contribution in [0.3, 0.4) is 0 Å². The zero-order valence-electron chi connectivity index (χ0n) is 14.2. The van der Waals surface area contributed by atoms with E-state index < -0.39 is 0 Å². The highest BCUT2D eigenvalue weighted by Crippen LogP contribution is 2.23. The van der Waals surface area contributed by atoms with E-state index in [1.165, 1.54) is 12.1 Å². The molecule has 1 atom stereocenters. The Balaban J connectivity index is 1.97. The van der Waals surface area contributed by atoms with Gasteiger partial charge < -0.3 is 10.6 Å². The summed E-state index contributed by atoms with van der Waals surface area (Å²) in [5.74, 6) is 0.783. The molecule has 0 saturated carbocycles. The van der Waals surface area contributed by atoms with Crippen LogP contribution in [0.25, 0.3) is 11.4 Å². The first-order valence-electron chi connectivity index (χ1n) is 8.23. The van der Waals surface area contributed by atoms with E-state index in [1.54, 1.807) is 24.4 Å². The molecule has 2 heterocycles. The van der Waals surface area contributed by atoms with Crippen molar-refractivity contribution in [3.63, 3.8) is 0 Å². The van der Waals surface area contributed by atoms with Crippen molar-refractivity contribution in [2.75, 3.05) is 10.6 Å². The van der Waals surface area contributed by atoms with Crippen molar-refractivity contribution in [1.29, 1.82) is 0 Å². The third kappa shape index (κ3) is 4.50. The van der Waals surface area contributed by atoms with Crippen LogP contribution in [-0.4, -0.2) is 21.0 Å². The molecule has 2 N–H and O–H groups in total. The molecule has 0 radical (unpaired) electrons. The fourth-order valence-corrected chi connectivity index (χ4v) is 2.26. The molecule has 0 spiro atoms. The fourth-order valence-electron chi connectivity index (χ4n) is 2.26. The molecular weight excluding hydrogens is 317 g/mol. The Bertz CT molecular complexity index is 838. The van der Waals surface area contributed by atoms with Gasteiger partial charge in [0.25, 0.3) is 0 Å². The Kier molecular flexibility index (Phi) is 5.18. The van der Waals surface area contributed by atoms with E-state index in [9.17, 15) is 4.39 Å². The largest absolute Gasteiger partial charge is 0.352 e. The molecule has 5 nitrogen and oxygen atoms in total. The van der Waals surface area contributed by atoms with Crippen molar-refractivity contribution in [1.82, 2.24) is 15.0 Å². The molecular formula is C19H20FN5. The third-order valence-corrected chi connectivity index (χ3v) is 3.74. The molecule has 0 unspecified atom stereocenters. The minimum atomic E-state index is -0.304. The molecule has 0 amide bonds. The molecule has 128 valence electrons. The van der Waals surface area contributed by atoms with Crippen molar-refractivity contribution >= 4 is 17.5 Å². The molecule has 0 aliphatic carbocycles. The summed E-state index contributed by atoms with van der Waals surface area (Å²) in [6, 6.07) is 14.0. The Morgan fingerprint density at radius 3 is 2.64 bits per heavy atom. The van der Waals surface area contributed by atoms with Gasteiger partial charge in [0, 0.05) is 24.0 Å².